The van der Waals surface area contributed by atoms with Crippen LogP contribution in [-0.4, -0.2) is 15.1 Å². The van der Waals surface area contributed by atoms with Crippen LogP contribution in [0.4, 0.5) is 0 Å². The van der Waals surface area contributed by atoms with Crippen molar-refractivity contribution in [1.29, 1.82) is 0 Å². The minimum Gasteiger partial charge on any atom is -0.332 e. The summed E-state index contributed by atoms with van der Waals surface area (Å²) < 4.78 is 6.30. The van der Waals surface area contributed by atoms with Crippen LogP contribution in [0, 0.1) is 6.92 Å². The molecule has 5 nitrogen and oxygen atoms in total. The molecule has 3 rings (SSSR count). The summed E-state index contributed by atoms with van der Waals surface area (Å²) in [6.45, 7) is 2.42. The molecule has 3 aromatic rings. The summed E-state index contributed by atoms with van der Waals surface area (Å²) in [7, 11) is 0. The van der Waals surface area contributed by atoms with Crippen LogP contribution in [0.25, 0.3) is 23.0 Å². The maximum atomic E-state index is 5.55. The number of halogens is 1. The number of aryl methyl sites for hydroxylation is 1. The van der Waals surface area contributed by atoms with E-state index in [0.29, 0.717) is 24.0 Å². The van der Waals surface area contributed by atoms with Gasteiger partial charge in [-0.05, 0) is 30.7 Å². The molecule has 0 unspecified atom stereocenters. The number of aromatic nitrogens is 3. The number of thiazole rings is 1. The van der Waals surface area contributed by atoms with E-state index >= 15 is 0 Å². The molecule has 1 aromatic carbocycles. The van der Waals surface area contributed by atoms with Crippen molar-refractivity contribution in [3.8, 4) is 23.0 Å². The van der Waals surface area contributed by atoms with E-state index < -0.39 is 0 Å². The van der Waals surface area contributed by atoms with Crippen molar-refractivity contribution >= 4 is 27.3 Å². The smallest absolute Gasteiger partial charge is 0.277 e. The summed E-state index contributed by atoms with van der Waals surface area (Å²) in [6, 6.07) is 5.93. The highest BCUT2D eigenvalue weighted by Gasteiger charge is 2.14. The Morgan fingerprint density at radius 1 is 1.35 bits per heavy atom. The van der Waals surface area contributed by atoms with Gasteiger partial charge in [-0.3, -0.25) is 0 Å². The van der Waals surface area contributed by atoms with Gasteiger partial charge in [-0.1, -0.05) is 21.1 Å². The molecule has 0 saturated carbocycles. The zero-order valence-electron chi connectivity index (χ0n) is 10.6. The molecule has 7 heteroatoms. The maximum absolute atomic E-state index is 5.55. The molecule has 0 aliphatic heterocycles. The molecule has 0 aliphatic rings. The van der Waals surface area contributed by atoms with Crippen LogP contribution in [0.15, 0.2) is 32.6 Å². The van der Waals surface area contributed by atoms with Crippen molar-refractivity contribution in [2.75, 3.05) is 0 Å². The molecule has 0 amide bonds. The molecule has 0 fully saturated rings. The van der Waals surface area contributed by atoms with E-state index in [2.05, 4.69) is 31.1 Å². The molecule has 0 aliphatic carbocycles. The van der Waals surface area contributed by atoms with Crippen LogP contribution in [0.5, 0.6) is 0 Å². The van der Waals surface area contributed by atoms with Gasteiger partial charge >= 0.3 is 0 Å². The lowest BCUT2D eigenvalue weighted by molar-refractivity contribution is 0.431. The molecule has 0 atom stereocenters. The minimum atomic E-state index is 0.414. The van der Waals surface area contributed by atoms with Crippen molar-refractivity contribution in [2.24, 2.45) is 5.73 Å². The van der Waals surface area contributed by atoms with Gasteiger partial charge < -0.3 is 10.3 Å². The van der Waals surface area contributed by atoms with Gasteiger partial charge in [-0.2, -0.15) is 4.98 Å². The van der Waals surface area contributed by atoms with Crippen LogP contribution in [0.2, 0.25) is 0 Å². The summed E-state index contributed by atoms with van der Waals surface area (Å²) in [6.07, 6.45) is 0. The number of rotatable bonds is 3. The summed E-state index contributed by atoms with van der Waals surface area (Å²) in [5.41, 5.74) is 8.24. The predicted molar refractivity (Wildman–Crippen MR) is 81.2 cm³/mol. The quantitative estimate of drug-likeness (QED) is 0.783. The third-order valence-electron chi connectivity index (χ3n) is 2.80. The number of nitrogens with two attached hydrogens (primary N) is 1. The summed E-state index contributed by atoms with van der Waals surface area (Å²) >= 11 is 4.92. The third-order valence-corrected chi connectivity index (χ3v) is 4.17. The summed E-state index contributed by atoms with van der Waals surface area (Å²) in [4.78, 5) is 8.73. The average molecular weight is 351 g/mol. The largest absolute Gasteiger partial charge is 0.332 e. The highest BCUT2D eigenvalue weighted by Crippen LogP contribution is 2.27. The number of hydrogen-bond donors (Lipinski definition) is 1. The SMILES string of the molecule is Cc1cc(Br)ccc1-c1noc(-c2csc(CN)n2)n1. The van der Waals surface area contributed by atoms with Crippen LogP contribution in [0.3, 0.4) is 0 Å². The lowest BCUT2D eigenvalue weighted by Gasteiger charge is -2.00. The lowest BCUT2D eigenvalue weighted by Crippen LogP contribution is -1.94. The Bertz CT molecular complexity index is 752. The Morgan fingerprint density at radius 3 is 2.90 bits per heavy atom. The third kappa shape index (κ3) is 2.52. The Hall–Kier alpha value is -1.57. The molecular weight excluding hydrogens is 340 g/mol. The Kier molecular flexibility index (Phi) is 3.64. The molecule has 20 heavy (non-hydrogen) atoms. The van der Waals surface area contributed by atoms with Gasteiger partial charge in [0.2, 0.25) is 5.82 Å². The topological polar surface area (TPSA) is 77.8 Å². The molecule has 0 bridgehead atoms. The van der Waals surface area contributed by atoms with Crippen LogP contribution < -0.4 is 5.73 Å². The molecule has 2 heterocycles. The van der Waals surface area contributed by atoms with Crippen molar-refractivity contribution in [2.45, 2.75) is 13.5 Å². The molecule has 102 valence electrons. The second-order valence-electron chi connectivity index (χ2n) is 4.21. The van der Waals surface area contributed by atoms with E-state index in [4.69, 9.17) is 10.3 Å². The zero-order valence-corrected chi connectivity index (χ0v) is 13.0. The fraction of sp³-hybridized carbons (Fsp3) is 0.154. The van der Waals surface area contributed by atoms with E-state index in [1.807, 2.05) is 30.5 Å². The molecule has 2 aromatic heterocycles. The highest BCUT2D eigenvalue weighted by molar-refractivity contribution is 9.10. The van der Waals surface area contributed by atoms with Crippen LogP contribution in [-0.2, 0) is 6.54 Å². The van der Waals surface area contributed by atoms with Gasteiger partial charge in [0, 0.05) is 22.0 Å². The molecule has 0 radical (unpaired) electrons. The first kappa shape index (κ1) is 13.4. The average Bonchev–Trinajstić information content (AvgIpc) is 3.07. The fourth-order valence-corrected chi connectivity index (χ4v) is 2.94. The van der Waals surface area contributed by atoms with E-state index in [0.717, 1.165) is 20.6 Å². The first-order valence-corrected chi connectivity index (χ1v) is 7.59. The van der Waals surface area contributed by atoms with Crippen molar-refractivity contribution in [1.82, 2.24) is 15.1 Å². The van der Waals surface area contributed by atoms with E-state index in [1.54, 1.807) is 0 Å². The molecule has 0 spiro atoms. The predicted octanol–water partition coefficient (Wildman–Crippen LogP) is 3.39. The maximum Gasteiger partial charge on any atom is 0.277 e. The lowest BCUT2D eigenvalue weighted by atomic mass is 10.1. The van der Waals surface area contributed by atoms with Crippen LogP contribution in [0.1, 0.15) is 10.6 Å². The Labute approximate surface area is 128 Å². The second-order valence-corrected chi connectivity index (χ2v) is 6.07. The highest BCUT2D eigenvalue weighted by atomic mass is 79.9. The first-order chi connectivity index (χ1) is 9.67. The summed E-state index contributed by atoms with van der Waals surface area (Å²) in [5.74, 6) is 0.977. The van der Waals surface area contributed by atoms with Crippen LogP contribution >= 0.6 is 27.3 Å². The van der Waals surface area contributed by atoms with Crippen molar-refractivity contribution < 1.29 is 4.52 Å². The van der Waals surface area contributed by atoms with Gasteiger partial charge in [-0.15, -0.1) is 11.3 Å². The Balaban J connectivity index is 1.97. The van der Waals surface area contributed by atoms with Gasteiger partial charge in [0.1, 0.15) is 10.7 Å². The number of nitrogens with zero attached hydrogens (tertiary/aromatic N) is 3. The van der Waals surface area contributed by atoms with Gasteiger partial charge in [-0.25, -0.2) is 4.98 Å². The standard InChI is InChI=1S/C13H11BrN4OS/c1-7-4-8(14)2-3-9(7)12-17-13(19-18-12)10-6-20-11(5-15)16-10/h2-4,6H,5,15H2,1H3. The minimum absolute atomic E-state index is 0.414. The molecular formula is C13H11BrN4OS. The fourth-order valence-electron chi connectivity index (χ4n) is 1.82. The van der Waals surface area contributed by atoms with Crippen molar-refractivity contribution in [3.63, 3.8) is 0 Å². The monoisotopic (exact) mass is 350 g/mol. The van der Waals surface area contributed by atoms with Gasteiger partial charge in [0.05, 0.1) is 0 Å². The molecule has 0 saturated heterocycles. The normalized spacial score (nSPS) is 10.9. The van der Waals surface area contributed by atoms with E-state index in [-0.39, 0.29) is 0 Å². The second kappa shape index (κ2) is 5.43. The molecule has 2 N–H and O–H groups in total. The van der Waals surface area contributed by atoms with Crippen molar-refractivity contribution in [3.05, 3.63) is 38.6 Å². The number of benzene rings is 1. The summed E-state index contributed by atoms with van der Waals surface area (Å²) in [5, 5.41) is 6.74. The van der Waals surface area contributed by atoms with E-state index in [9.17, 15) is 0 Å². The van der Waals surface area contributed by atoms with E-state index in [1.165, 1.54) is 11.3 Å². The first-order valence-electron chi connectivity index (χ1n) is 5.92. The Morgan fingerprint density at radius 2 is 2.20 bits per heavy atom. The van der Waals surface area contributed by atoms with Gasteiger partial charge in [0.25, 0.3) is 5.89 Å². The number of hydrogen-bond acceptors (Lipinski definition) is 6. The zero-order chi connectivity index (χ0) is 14.1. The van der Waals surface area contributed by atoms with Gasteiger partial charge in [0.15, 0.2) is 0 Å².